The fraction of sp³-hybridized carbons (Fsp3) is 0.267. The van der Waals surface area contributed by atoms with E-state index in [1.807, 2.05) is 19.1 Å². The molecular formula is C15H18N4O. The van der Waals surface area contributed by atoms with Gasteiger partial charge in [0.1, 0.15) is 0 Å². The Morgan fingerprint density at radius 1 is 1.30 bits per heavy atom. The number of hydrogen-bond acceptors (Lipinski definition) is 4. The fourth-order valence-electron chi connectivity index (χ4n) is 1.82. The summed E-state index contributed by atoms with van der Waals surface area (Å²) in [5.74, 6) is 0.263. The van der Waals surface area contributed by atoms with Gasteiger partial charge in [0.2, 0.25) is 0 Å². The monoisotopic (exact) mass is 270 g/mol. The largest absolute Gasteiger partial charge is 0.385 e. The molecule has 1 aromatic carbocycles. The minimum absolute atomic E-state index is 0.185. The Kier molecular flexibility index (Phi) is 4.65. The molecule has 104 valence electrons. The zero-order valence-electron chi connectivity index (χ0n) is 11.7. The summed E-state index contributed by atoms with van der Waals surface area (Å²) in [6, 6.07) is 5.59. The lowest BCUT2D eigenvalue weighted by Gasteiger charge is -2.10. The van der Waals surface area contributed by atoms with Gasteiger partial charge in [-0.25, -0.2) is 4.98 Å². The molecule has 2 rings (SSSR count). The van der Waals surface area contributed by atoms with Gasteiger partial charge in [0.25, 0.3) is 5.91 Å². The molecule has 0 aliphatic carbocycles. The van der Waals surface area contributed by atoms with Crippen LogP contribution in [0.2, 0.25) is 0 Å². The molecule has 20 heavy (non-hydrogen) atoms. The van der Waals surface area contributed by atoms with Crippen molar-refractivity contribution in [1.29, 1.82) is 0 Å². The summed E-state index contributed by atoms with van der Waals surface area (Å²) >= 11 is 0. The van der Waals surface area contributed by atoms with Gasteiger partial charge in [-0.2, -0.15) is 0 Å². The lowest BCUT2D eigenvalue weighted by atomic mass is 10.1. The first-order valence-corrected chi connectivity index (χ1v) is 6.62. The quantitative estimate of drug-likeness (QED) is 0.876. The molecule has 2 N–H and O–H groups in total. The maximum atomic E-state index is 12.1. The maximum absolute atomic E-state index is 12.1. The molecule has 0 atom stereocenters. The standard InChI is InChI=1S/C15H18N4O/c1-3-6-17-13-5-4-12(9-11(13)2)15(20)19-14-10-16-7-8-18-14/h4-5,7-10,17H,3,6H2,1-2H3,(H,18,19,20). The highest BCUT2D eigenvalue weighted by atomic mass is 16.1. The van der Waals surface area contributed by atoms with Gasteiger partial charge in [-0.15, -0.1) is 0 Å². The summed E-state index contributed by atoms with van der Waals surface area (Å²) in [5.41, 5.74) is 2.71. The highest BCUT2D eigenvalue weighted by Crippen LogP contribution is 2.17. The van der Waals surface area contributed by atoms with Crippen molar-refractivity contribution in [3.05, 3.63) is 47.9 Å². The van der Waals surface area contributed by atoms with Gasteiger partial charge in [0.05, 0.1) is 6.20 Å². The van der Waals surface area contributed by atoms with Gasteiger partial charge in [0.15, 0.2) is 5.82 Å². The van der Waals surface area contributed by atoms with Crippen LogP contribution in [0.25, 0.3) is 0 Å². The predicted octanol–water partition coefficient (Wildman–Crippen LogP) is 2.86. The Bertz CT molecular complexity index is 584. The number of benzene rings is 1. The topological polar surface area (TPSA) is 66.9 Å². The highest BCUT2D eigenvalue weighted by Gasteiger charge is 2.08. The summed E-state index contributed by atoms with van der Waals surface area (Å²) in [5, 5.41) is 6.04. The van der Waals surface area contributed by atoms with E-state index in [2.05, 4.69) is 27.5 Å². The summed E-state index contributed by atoms with van der Waals surface area (Å²) in [4.78, 5) is 20.0. The number of aryl methyl sites for hydroxylation is 1. The van der Waals surface area contributed by atoms with Crippen molar-refractivity contribution in [2.45, 2.75) is 20.3 Å². The van der Waals surface area contributed by atoms with Gasteiger partial charge >= 0.3 is 0 Å². The molecule has 0 aliphatic heterocycles. The molecule has 5 heteroatoms. The van der Waals surface area contributed by atoms with E-state index in [0.717, 1.165) is 24.2 Å². The van der Waals surface area contributed by atoms with Crippen molar-refractivity contribution >= 4 is 17.4 Å². The maximum Gasteiger partial charge on any atom is 0.256 e. The molecular weight excluding hydrogens is 252 g/mol. The van der Waals surface area contributed by atoms with E-state index in [0.29, 0.717) is 11.4 Å². The first-order valence-electron chi connectivity index (χ1n) is 6.62. The molecule has 0 spiro atoms. The normalized spacial score (nSPS) is 10.1. The third kappa shape index (κ3) is 3.54. The van der Waals surface area contributed by atoms with Crippen LogP contribution in [0, 0.1) is 6.92 Å². The van der Waals surface area contributed by atoms with Crippen molar-refractivity contribution in [3.8, 4) is 0 Å². The number of nitrogens with one attached hydrogen (secondary N) is 2. The van der Waals surface area contributed by atoms with E-state index in [-0.39, 0.29) is 5.91 Å². The van der Waals surface area contributed by atoms with Gasteiger partial charge < -0.3 is 10.6 Å². The molecule has 0 bridgehead atoms. The lowest BCUT2D eigenvalue weighted by molar-refractivity contribution is 0.102. The van der Waals surface area contributed by atoms with Crippen LogP contribution in [0.1, 0.15) is 29.3 Å². The Morgan fingerprint density at radius 2 is 2.15 bits per heavy atom. The summed E-state index contributed by atoms with van der Waals surface area (Å²) in [7, 11) is 0. The molecule has 1 aromatic heterocycles. The second-order valence-electron chi connectivity index (χ2n) is 4.50. The molecule has 0 aliphatic rings. The first kappa shape index (κ1) is 14.0. The number of anilines is 2. The van der Waals surface area contributed by atoms with Crippen LogP contribution >= 0.6 is 0 Å². The van der Waals surface area contributed by atoms with Crippen LogP contribution in [0.15, 0.2) is 36.8 Å². The Morgan fingerprint density at radius 3 is 2.80 bits per heavy atom. The molecule has 0 radical (unpaired) electrons. The molecule has 0 saturated carbocycles. The SMILES string of the molecule is CCCNc1ccc(C(=O)Nc2cnccn2)cc1C. The van der Waals surface area contributed by atoms with Crippen molar-refractivity contribution in [3.63, 3.8) is 0 Å². The van der Waals surface area contributed by atoms with E-state index in [4.69, 9.17) is 0 Å². The Balaban J connectivity index is 2.09. The van der Waals surface area contributed by atoms with E-state index in [1.54, 1.807) is 18.5 Å². The smallest absolute Gasteiger partial charge is 0.256 e. The second-order valence-corrected chi connectivity index (χ2v) is 4.50. The van der Waals surface area contributed by atoms with Gasteiger partial charge in [0, 0.05) is 30.2 Å². The van der Waals surface area contributed by atoms with Gasteiger partial charge in [-0.3, -0.25) is 9.78 Å². The lowest BCUT2D eigenvalue weighted by Crippen LogP contribution is -2.13. The van der Waals surface area contributed by atoms with E-state index in [9.17, 15) is 4.79 Å². The molecule has 0 fully saturated rings. The minimum atomic E-state index is -0.185. The predicted molar refractivity (Wildman–Crippen MR) is 79.9 cm³/mol. The van der Waals surface area contributed by atoms with E-state index >= 15 is 0 Å². The van der Waals surface area contributed by atoms with Crippen LogP contribution in [-0.4, -0.2) is 22.4 Å². The molecule has 0 unspecified atom stereocenters. The van der Waals surface area contributed by atoms with Gasteiger partial charge in [-0.05, 0) is 37.1 Å². The van der Waals surface area contributed by atoms with E-state index < -0.39 is 0 Å². The van der Waals surface area contributed by atoms with Crippen molar-refractivity contribution in [2.75, 3.05) is 17.2 Å². The average Bonchev–Trinajstić information content (AvgIpc) is 2.47. The fourth-order valence-corrected chi connectivity index (χ4v) is 1.82. The first-order chi connectivity index (χ1) is 9.70. The minimum Gasteiger partial charge on any atom is -0.385 e. The van der Waals surface area contributed by atoms with Crippen LogP contribution in [0.5, 0.6) is 0 Å². The number of rotatable bonds is 5. The van der Waals surface area contributed by atoms with Crippen LogP contribution in [0.4, 0.5) is 11.5 Å². The number of hydrogen-bond donors (Lipinski definition) is 2. The van der Waals surface area contributed by atoms with E-state index in [1.165, 1.54) is 6.20 Å². The van der Waals surface area contributed by atoms with Crippen molar-refractivity contribution in [2.24, 2.45) is 0 Å². The third-order valence-corrected chi connectivity index (χ3v) is 2.86. The molecule has 1 amide bonds. The van der Waals surface area contributed by atoms with Crippen LogP contribution in [-0.2, 0) is 0 Å². The third-order valence-electron chi connectivity index (χ3n) is 2.86. The average molecular weight is 270 g/mol. The number of aromatic nitrogens is 2. The number of carbonyl (C=O) groups excluding carboxylic acids is 1. The van der Waals surface area contributed by atoms with Crippen molar-refractivity contribution < 1.29 is 4.79 Å². The van der Waals surface area contributed by atoms with Crippen LogP contribution < -0.4 is 10.6 Å². The number of carbonyl (C=O) groups is 1. The second kappa shape index (κ2) is 6.65. The summed E-state index contributed by atoms with van der Waals surface area (Å²) in [6.07, 6.45) is 5.68. The molecule has 5 nitrogen and oxygen atoms in total. The molecule has 1 heterocycles. The van der Waals surface area contributed by atoms with Gasteiger partial charge in [-0.1, -0.05) is 6.92 Å². The summed E-state index contributed by atoms with van der Waals surface area (Å²) < 4.78 is 0. The molecule has 2 aromatic rings. The van der Waals surface area contributed by atoms with Crippen molar-refractivity contribution in [1.82, 2.24) is 9.97 Å². The zero-order valence-corrected chi connectivity index (χ0v) is 11.7. The number of nitrogens with zero attached hydrogens (tertiary/aromatic N) is 2. The Labute approximate surface area is 118 Å². The van der Waals surface area contributed by atoms with Crippen LogP contribution in [0.3, 0.4) is 0 Å². The highest BCUT2D eigenvalue weighted by molar-refractivity contribution is 6.04. The Hall–Kier alpha value is -2.43. The summed E-state index contributed by atoms with van der Waals surface area (Å²) in [6.45, 7) is 5.02. The molecule has 0 saturated heterocycles. The zero-order chi connectivity index (χ0) is 14.4. The number of amides is 1.